The van der Waals surface area contributed by atoms with Gasteiger partial charge in [-0.15, -0.1) is 0 Å². The zero-order valence-corrected chi connectivity index (χ0v) is 14.4. The van der Waals surface area contributed by atoms with Crippen molar-refractivity contribution >= 4 is 34.2 Å². The van der Waals surface area contributed by atoms with Crippen molar-refractivity contribution in [2.45, 2.75) is 25.4 Å². The van der Waals surface area contributed by atoms with Crippen LogP contribution in [-0.2, 0) is 6.54 Å². The van der Waals surface area contributed by atoms with E-state index >= 15 is 0 Å². The van der Waals surface area contributed by atoms with Gasteiger partial charge >= 0.3 is 0 Å². The first-order valence-corrected chi connectivity index (χ1v) is 8.76. The summed E-state index contributed by atoms with van der Waals surface area (Å²) in [5, 5.41) is 7.91. The lowest BCUT2D eigenvalue weighted by molar-refractivity contribution is 0.0952. The maximum atomic E-state index is 12.6. The van der Waals surface area contributed by atoms with E-state index < -0.39 is 0 Å². The molecule has 2 aromatic carbocycles. The van der Waals surface area contributed by atoms with E-state index in [1.165, 1.54) is 0 Å². The fraction of sp³-hybridized carbons (Fsp3) is 0.200. The number of amides is 1. The summed E-state index contributed by atoms with van der Waals surface area (Å²) in [5.74, 6) is 0.626. The number of aromatic nitrogens is 1. The van der Waals surface area contributed by atoms with E-state index in [0.717, 1.165) is 29.3 Å². The number of nitrogens with zero attached hydrogens (tertiary/aromatic N) is 1. The fourth-order valence-corrected chi connectivity index (χ4v) is 2.97. The van der Waals surface area contributed by atoms with Crippen molar-refractivity contribution in [3.05, 3.63) is 70.7 Å². The number of benzene rings is 2. The minimum Gasteiger partial charge on any atom is -0.366 e. The average molecular weight is 352 g/mol. The average Bonchev–Trinajstić information content (AvgIpc) is 3.44. The topological polar surface area (TPSA) is 54.0 Å². The highest BCUT2D eigenvalue weighted by Crippen LogP contribution is 2.24. The summed E-state index contributed by atoms with van der Waals surface area (Å²) in [6.07, 6.45) is 2.12. The second-order valence-corrected chi connectivity index (χ2v) is 6.67. The lowest BCUT2D eigenvalue weighted by Gasteiger charge is -2.12. The number of nitrogens with one attached hydrogen (secondary N) is 2. The third-order valence-electron chi connectivity index (χ3n) is 4.29. The second kappa shape index (κ2) is 6.73. The van der Waals surface area contributed by atoms with E-state index in [0.29, 0.717) is 29.0 Å². The van der Waals surface area contributed by atoms with Crippen LogP contribution in [0.1, 0.15) is 28.8 Å². The van der Waals surface area contributed by atoms with Gasteiger partial charge in [-0.1, -0.05) is 48.0 Å². The SMILES string of the molecule is O=C(NC1CC1)c1cc(NCc2ccccc2Cl)nc2ccccc12. The fourth-order valence-electron chi connectivity index (χ4n) is 2.77. The Kier molecular flexibility index (Phi) is 4.28. The van der Waals surface area contributed by atoms with Gasteiger partial charge in [0.25, 0.3) is 5.91 Å². The van der Waals surface area contributed by atoms with Crippen molar-refractivity contribution in [3.63, 3.8) is 0 Å². The number of pyridine rings is 1. The number of carbonyl (C=O) groups is 1. The van der Waals surface area contributed by atoms with Crippen molar-refractivity contribution in [3.8, 4) is 0 Å². The minimum atomic E-state index is -0.0399. The van der Waals surface area contributed by atoms with E-state index in [2.05, 4.69) is 15.6 Å². The maximum absolute atomic E-state index is 12.6. The highest BCUT2D eigenvalue weighted by atomic mass is 35.5. The quantitative estimate of drug-likeness (QED) is 0.716. The van der Waals surface area contributed by atoms with Crippen LogP contribution in [0, 0.1) is 0 Å². The van der Waals surface area contributed by atoms with E-state index in [1.54, 1.807) is 0 Å². The molecule has 4 rings (SSSR count). The molecular formula is C20H18ClN3O. The van der Waals surface area contributed by atoms with Crippen LogP contribution < -0.4 is 10.6 Å². The Hall–Kier alpha value is -2.59. The number of para-hydroxylation sites is 1. The van der Waals surface area contributed by atoms with Gasteiger partial charge in [0.1, 0.15) is 5.82 Å². The third-order valence-corrected chi connectivity index (χ3v) is 4.66. The molecule has 0 radical (unpaired) electrons. The van der Waals surface area contributed by atoms with Crippen molar-refractivity contribution in [2.24, 2.45) is 0 Å². The van der Waals surface area contributed by atoms with Crippen LogP contribution in [0.4, 0.5) is 5.82 Å². The van der Waals surface area contributed by atoms with Gasteiger partial charge in [-0.05, 0) is 36.6 Å². The molecule has 1 saturated carbocycles. The number of rotatable bonds is 5. The van der Waals surface area contributed by atoms with Crippen molar-refractivity contribution in [1.82, 2.24) is 10.3 Å². The molecular weight excluding hydrogens is 334 g/mol. The standard InChI is InChI=1S/C20H18ClN3O/c21-17-7-3-1-5-13(17)12-22-19-11-16(20(25)23-14-9-10-14)15-6-2-4-8-18(15)24-19/h1-8,11,14H,9-10,12H2,(H,22,24)(H,23,25). The second-order valence-electron chi connectivity index (χ2n) is 6.26. The molecule has 0 atom stereocenters. The summed E-state index contributed by atoms with van der Waals surface area (Å²) in [7, 11) is 0. The third kappa shape index (κ3) is 3.59. The molecule has 3 aromatic rings. The van der Waals surface area contributed by atoms with Gasteiger partial charge < -0.3 is 10.6 Å². The largest absolute Gasteiger partial charge is 0.366 e. The van der Waals surface area contributed by atoms with Crippen LogP contribution in [0.15, 0.2) is 54.6 Å². The molecule has 5 heteroatoms. The smallest absolute Gasteiger partial charge is 0.252 e. The predicted molar refractivity (Wildman–Crippen MR) is 101 cm³/mol. The summed E-state index contributed by atoms with van der Waals surface area (Å²) in [5.41, 5.74) is 2.44. The summed E-state index contributed by atoms with van der Waals surface area (Å²) in [4.78, 5) is 17.2. The minimum absolute atomic E-state index is 0.0399. The van der Waals surface area contributed by atoms with Gasteiger partial charge in [-0.25, -0.2) is 4.98 Å². The molecule has 1 aliphatic rings. The molecule has 0 spiro atoms. The monoisotopic (exact) mass is 351 g/mol. The van der Waals surface area contributed by atoms with Gasteiger partial charge in [-0.3, -0.25) is 4.79 Å². The molecule has 1 fully saturated rings. The highest BCUT2D eigenvalue weighted by molar-refractivity contribution is 6.31. The van der Waals surface area contributed by atoms with Gasteiger partial charge in [0.15, 0.2) is 0 Å². The van der Waals surface area contributed by atoms with Crippen LogP contribution in [0.25, 0.3) is 10.9 Å². The first-order valence-electron chi connectivity index (χ1n) is 8.38. The van der Waals surface area contributed by atoms with Crippen molar-refractivity contribution in [1.29, 1.82) is 0 Å². The van der Waals surface area contributed by atoms with E-state index in [1.807, 2.05) is 54.6 Å². The Morgan fingerprint density at radius 3 is 2.68 bits per heavy atom. The maximum Gasteiger partial charge on any atom is 0.252 e. The zero-order chi connectivity index (χ0) is 17.2. The first kappa shape index (κ1) is 15.9. The number of carbonyl (C=O) groups excluding carboxylic acids is 1. The summed E-state index contributed by atoms with van der Waals surface area (Å²) >= 11 is 6.21. The number of hydrogen-bond donors (Lipinski definition) is 2. The first-order chi connectivity index (χ1) is 12.2. The van der Waals surface area contributed by atoms with Crippen LogP contribution in [-0.4, -0.2) is 16.9 Å². The molecule has 1 heterocycles. The lowest BCUT2D eigenvalue weighted by atomic mass is 10.1. The molecule has 1 aromatic heterocycles. The molecule has 1 aliphatic carbocycles. The number of anilines is 1. The van der Waals surface area contributed by atoms with Gasteiger partial charge in [0.05, 0.1) is 11.1 Å². The molecule has 126 valence electrons. The van der Waals surface area contributed by atoms with Gasteiger partial charge in [0, 0.05) is 23.0 Å². The number of halogens is 1. The van der Waals surface area contributed by atoms with Gasteiger partial charge in [0.2, 0.25) is 0 Å². The number of hydrogen-bond acceptors (Lipinski definition) is 3. The Morgan fingerprint density at radius 1 is 1.12 bits per heavy atom. The van der Waals surface area contributed by atoms with Crippen molar-refractivity contribution < 1.29 is 4.79 Å². The summed E-state index contributed by atoms with van der Waals surface area (Å²) in [6, 6.07) is 17.5. The Balaban J connectivity index is 1.64. The van der Waals surface area contributed by atoms with Crippen LogP contribution >= 0.6 is 11.6 Å². The Labute approximate surface area is 151 Å². The van der Waals surface area contributed by atoms with Gasteiger partial charge in [-0.2, -0.15) is 0 Å². The molecule has 1 amide bonds. The molecule has 0 aliphatic heterocycles. The van der Waals surface area contributed by atoms with Crippen LogP contribution in [0.2, 0.25) is 5.02 Å². The predicted octanol–water partition coefficient (Wildman–Crippen LogP) is 4.39. The summed E-state index contributed by atoms with van der Waals surface area (Å²) in [6.45, 7) is 0.550. The number of fused-ring (bicyclic) bond motifs is 1. The Bertz CT molecular complexity index is 937. The molecule has 0 saturated heterocycles. The summed E-state index contributed by atoms with van der Waals surface area (Å²) < 4.78 is 0. The zero-order valence-electron chi connectivity index (χ0n) is 13.6. The lowest BCUT2D eigenvalue weighted by Crippen LogP contribution is -2.25. The van der Waals surface area contributed by atoms with E-state index in [9.17, 15) is 4.79 Å². The molecule has 2 N–H and O–H groups in total. The highest BCUT2D eigenvalue weighted by Gasteiger charge is 2.25. The van der Waals surface area contributed by atoms with Crippen LogP contribution in [0.3, 0.4) is 0 Å². The van der Waals surface area contributed by atoms with E-state index in [-0.39, 0.29) is 5.91 Å². The van der Waals surface area contributed by atoms with E-state index in [4.69, 9.17) is 11.6 Å². The molecule has 25 heavy (non-hydrogen) atoms. The molecule has 4 nitrogen and oxygen atoms in total. The van der Waals surface area contributed by atoms with Crippen molar-refractivity contribution in [2.75, 3.05) is 5.32 Å². The molecule has 0 bridgehead atoms. The van der Waals surface area contributed by atoms with Crippen LogP contribution in [0.5, 0.6) is 0 Å². The Morgan fingerprint density at radius 2 is 1.88 bits per heavy atom. The normalized spacial score (nSPS) is 13.6. The molecule has 0 unspecified atom stereocenters.